The first-order valence-electron chi connectivity index (χ1n) is 6.08. The predicted octanol–water partition coefficient (Wildman–Crippen LogP) is 2.81. The number of nitrogens with zero attached hydrogens (tertiary/aromatic N) is 1. The second kappa shape index (κ2) is 6.38. The summed E-state index contributed by atoms with van der Waals surface area (Å²) in [7, 11) is 0. The van der Waals surface area contributed by atoms with Gasteiger partial charge in [0, 0.05) is 31.2 Å². The van der Waals surface area contributed by atoms with E-state index in [9.17, 15) is 22.8 Å². The van der Waals surface area contributed by atoms with Crippen LogP contribution in [0.1, 0.15) is 13.3 Å². The number of benzene rings is 1. The third kappa shape index (κ3) is 3.90. The van der Waals surface area contributed by atoms with Gasteiger partial charge in [-0.25, -0.2) is 4.39 Å². The van der Waals surface area contributed by atoms with Crippen molar-refractivity contribution in [2.75, 3.05) is 11.4 Å². The molecule has 0 N–H and O–H groups in total. The highest BCUT2D eigenvalue weighted by Crippen LogP contribution is 2.35. The van der Waals surface area contributed by atoms with Gasteiger partial charge in [0.1, 0.15) is 5.82 Å². The van der Waals surface area contributed by atoms with E-state index in [2.05, 4.69) is 4.74 Å². The summed E-state index contributed by atoms with van der Waals surface area (Å²) in [5.41, 5.74) is 0.0772. The molecule has 0 aliphatic carbocycles. The zero-order chi connectivity index (χ0) is 15.6. The van der Waals surface area contributed by atoms with Crippen molar-refractivity contribution in [2.45, 2.75) is 25.2 Å². The molecule has 1 atom stereocenters. The van der Waals surface area contributed by atoms with E-state index in [0.717, 1.165) is 23.9 Å². The first kappa shape index (κ1) is 15.7. The van der Waals surface area contributed by atoms with Crippen LogP contribution in [0, 0.1) is 5.82 Å². The first-order valence-corrected chi connectivity index (χ1v) is 6.96. The predicted molar refractivity (Wildman–Crippen MR) is 72.1 cm³/mol. The van der Waals surface area contributed by atoms with Crippen molar-refractivity contribution in [2.24, 2.45) is 0 Å². The number of ether oxygens (including phenoxy) is 1. The largest absolute Gasteiger partial charge is 0.432 e. The van der Waals surface area contributed by atoms with Gasteiger partial charge in [0.15, 0.2) is 10.9 Å². The van der Waals surface area contributed by atoms with E-state index in [4.69, 9.17) is 0 Å². The minimum atomic E-state index is -3.12. The van der Waals surface area contributed by atoms with Gasteiger partial charge in [-0.3, -0.25) is 9.59 Å². The van der Waals surface area contributed by atoms with Crippen molar-refractivity contribution in [1.82, 2.24) is 0 Å². The molecule has 0 saturated carbocycles. The topological polar surface area (TPSA) is 46.6 Å². The Kier molecular flexibility index (Phi) is 4.76. The fourth-order valence-corrected chi connectivity index (χ4v) is 3.04. The van der Waals surface area contributed by atoms with Crippen LogP contribution < -0.4 is 9.64 Å². The first-order chi connectivity index (χ1) is 9.86. The number of hydrogen-bond donors (Lipinski definition) is 0. The van der Waals surface area contributed by atoms with Crippen LogP contribution in [0.2, 0.25) is 0 Å². The molecular formula is C13H12F3NO3S. The van der Waals surface area contributed by atoms with Crippen molar-refractivity contribution < 1.29 is 27.5 Å². The Labute approximate surface area is 123 Å². The summed E-state index contributed by atoms with van der Waals surface area (Å²) in [6, 6.07) is 3.08. The number of carbonyl (C=O) groups is 2. The maximum Gasteiger partial charge on any atom is 0.387 e. The second-order valence-corrected chi connectivity index (χ2v) is 5.91. The van der Waals surface area contributed by atoms with Crippen LogP contribution in [0.4, 0.5) is 18.9 Å². The summed E-state index contributed by atoms with van der Waals surface area (Å²) < 4.78 is 42.2. The molecular weight excluding hydrogens is 307 g/mol. The zero-order valence-corrected chi connectivity index (χ0v) is 11.8. The highest BCUT2D eigenvalue weighted by Gasteiger charge is 2.33. The van der Waals surface area contributed by atoms with Gasteiger partial charge >= 0.3 is 6.61 Å². The molecule has 8 heteroatoms. The van der Waals surface area contributed by atoms with E-state index in [1.165, 1.54) is 17.9 Å². The fourth-order valence-electron chi connectivity index (χ4n) is 2.12. The third-order valence-electron chi connectivity index (χ3n) is 2.85. The lowest BCUT2D eigenvalue weighted by molar-refractivity contribution is -0.117. The average Bonchev–Trinajstić information content (AvgIpc) is 2.68. The minimum absolute atomic E-state index is 0.0772. The number of carbonyl (C=O) groups excluding carboxylic acids is 2. The number of rotatable bonds is 4. The summed E-state index contributed by atoms with van der Waals surface area (Å²) in [6.45, 7) is -1.54. The summed E-state index contributed by atoms with van der Waals surface area (Å²) >= 11 is 1.02. The van der Waals surface area contributed by atoms with Crippen LogP contribution in [-0.4, -0.2) is 29.4 Å². The highest BCUT2D eigenvalue weighted by molar-refractivity contribution is 8.14. The third-order valence-corrected chi connectivity index (χ3v) is 3.83. The maximum absolute atomic E-state index is 13.2. The Bertz CT molecular complexity index is 568. The number of alkyl halides is 2. The van der Waals surface area contributed by atoms with Crippen LogP contribution in [-0.2, 0) is 9.59 Å². The molecule has 1 amide bonds. The van der Waals surface area contributed by atoms with Gasteiger partial charge in [-0.05, 0) is 12.1 Å². The van der Waals surface area contributed by atoms with Crippen LogP contribution in [0.3, 0.4) is 0 Å². The molecule has 1 saturated heterocycles. The monoisotopic (exact) mass is 319 g/mol. The Balaban J connectivity index is 2.25. The summed E-state index contributed by atoms with van der Waals surface area (Å²) in [4.78, 5) is 24.3. The Morgan fingerprint density at radius 3 is 2.81 bits per heavy atom. The molecule has 1 aliphatic heterocycles. The summed E-state index contributed by atoms with van der Waals surface area (Å²) in [5, 5.41) is -0.378. The number of anilines is 1. The lowest BCUT2D eigenvalue weighted by Gasteiger charge is -2.20. The molecule has 2 rings (SSSR count). The number of thioether (sulfide) groups is 1. The van der Waals surface area contributed by atoms with Gasteiger partial charge in [0.05, 0.1) is 5.69 Å². The van der Waals surface area contributed by atoms with Crippen LogP contribution in [0.15, 0.2) is 18.2 Å². The number of amides is 1. The van der Waals surface area contributed by atoms with Gasteiger partial charge in [0.2, 0.25) is 5.91 Å². The van der Waals surface area contributed by atoms with Gasteiger partial charge in [0.25, 0.3) is 0 Å². The van der Waals surface area contributed by atoms with E-state index in [-0.39, 0.29) is 34.9 Å². The van der Waals surface area contributed by atoms with Crippen molar-refractivity contribution in [3.05, 3.63) is 24.0 Å². The van der Waals surface area contributed by atoms with Crippen molar-refractivity contribution >= 4 is 28.5 Å². The second-order valence-electron chi connectivity index (χ2n) is 4.43. The van der Waals surface area contributed by atoms with E-state index >= 15 is 0 Å². The number of hydrogen-bond acceptors (Lipinski definition) is 4. The van der Waals surface area contributed by atoms with E-state index < -0.39 is 18.2 Å². The minimum Gasteiger partial charge on any atom is -0.432 e. The summed E-state index contributed by atoms with van der Waals surface area (Å²) in [6.07, 6.45) is 0.121. The SMILES string of the molecule is CC(=O)SC1CC(=O)N(c2ccc(F)cc2OC(F)F)C1. The van der Waals surface area contributed by atoms with Gasteiger partial charge in [-0.15, -0.1) is 0 Å². The van der Waals surface area contributed by atoms with Gasteiger partial charge in [-0.2, -0.15) is 8.78 Å². The Morgan fingerprint density at radius 1 is 1.48 bits per heavy atom. The maximum atomic E-state index is 13.2. The van der Waals surface area contributed by atoms with Crippen molar-refractivity contribution in [1.29, 1.82) is 0 Å². The zero-order valence-electron chi connectivity index (χ0n) is 11.0. The standard InChI is InChI=1S/C13H12F3NO3S/c1-7(18)21-9-5-12(19)17(6-9)10-3-2-8(14)4-11(10)20-13(15)16/h2-4,9,13H,5-6H2,1H3. The lowest BCUT2D eigenvalue weighted by Crippen LogP contribution is -2.26. The normalized spacial score (nSPS) is 18.4. The van der Waals surface area contributed by atoms with Crippen LogP contribution >= 0.6 is 11.8 Å². The Morgan fingerprint density at radius 2 is 2.19 bits per heavy atom. The number of halogens is 3. The molecule has 1 unspecified atom stereocenters. The van der Waals surface area contributed by atoms with Gasteiger partial charge < -0.3 is 9.64 Å². The molecule has 0 radical (unpaired) electrons. The molecule has 1 aromatic rings. The molecule has 1 aliphatic rings. The van der Waals surface area contributed by atoms with Crippen LogP contribution in [0.25, 0.3) is 0 Å². The van der Waals surface area contributed by atoms with E-state index in [1.807, 2.05) is 0 Å². The molecule has 114 valence electrons. The molecule has 0 spiro atoms. The lowest BCUT2D eigenvalue weighted by atomic mass is 10.2. The molecule has 4 nitrogen and oxygen atoms in total. The molecule has 21 heavy (non-hydrogen) atoms. The molecule has 1 fully saturated rings. The summed E-state index contributed by atoms with van der Waals surface area (Å²) in [5.74, 6) is -1.46. The van der Waals surface area contributed by atoms with Crippen molar-refractivity contribution in [3.63, 3.8) is 0 Å². The fraction of sp³-hybridized carbons (Fsp3) is 0.385. The molecule has 0 bridgehead atoms. The molecule has 1 heterocycles. The molecule has 0 aromatic heterocycles. The Hall–Kier alpha value is -1.70. The smallest absolute Gasteiger partial charge is 0.387 e. The van der Waals surface area contributed by atoms with Crippen molar-refractivity contribution in [3.8, 4) is 5.75 Å². The van der Waals surface area contributed by atoms with E-state index in [0.29, 0.717) is 0 Å². The quantitative estimate of drug-likeness (QED) is 0.856. The average molecular weight is 319 g/mol. The highest BCUT2D eigenvalue weighted by atomic mass is 32.2. The van der Waals surface area contributed by atoms with E-state index in [1.54, 1.807) is 0 Å². The van der Waals surface area contributed by atoms with Crippen LogP contribution in [0.5, 0.6) is 5.75 Å². The molecule has 1 aromatic carbocycles. The van der Waals surface area contributed by atoms with Gasteiger partial charge in [-0.1, -0.05) is 11.8 Å².